The van der Waals surface area contributed by atoms with E-state index in [9.17, 15) is 5.11 Å². The minimum absolute atomic E-state index is 0. The predicted molar refractivity (Wildman–Crippen MR) is 146 cm³/mol. The first-order chi connectivity index (χ1) is 15.6. The van der Waals surface area contributed by atoms with Gasteiger partial charge in [0.25, 0.3) is 0 Å². The third kappa shape index (κ3) is 10.00. The number of likely N-dealkylation sites (tertiary alicyclic amines) is 1. The molecule has 1 aliphatic rings. The summed E-state index contributed by atoms with van der Waals surface area (Å²) in [7, 11) is 0. The quantitative estimate of drug-likeness (QED) is 0.233. The van der Waals surface area contributed by atoms with Crippen molar-refractivity contribution in [3.8, 4) is 0 Å². The number of ether oxygens (including phenoxy) is 1. The zero-order valence-electron chi connectivity index (χ0n) is 19.9. The Hall–Kier alpha value is -1.68. The Kier molecular flexibility index (Phi) is 12.8. The van der Waals surface area contributed by atoms with Crippen molar-refractivity contribution in [1.29, 1.82) is 0 Å². The maximum absolute atomic E-state index is 10.3. The van der Waals surface area contributed by atoms with Gasteiger partial charge in [-0.2, -0.15) is 0 Å². The number of benzene rings is 2. The molecular weight excluding hydrogens is 527 g/mol. The number of aliphatic hydroxyl groups is 1. The summed E-state index contributed by atoms with van der Waals surface area (Å²) in [6.45, 7) is 9.28. The molecule has 1 saturated heterocycles. The van der Waals surface area contributed by atoms with Crippen molar-refractivity contribution >= 4 is 29.9 Å². The number of nitrogens with zero attached hydrogens (tertiary/aromatic N) is 2. The number of aliphatic hydroxyl groups excluding tert-OH is 1. The number of rotatable bonds is 10. The molecule has 2 aromatic carbocycles. The van der Waals surface area contributed by atoms with Crippen molar-refractivity contribution in [1.82, 2.24) is 15.5 Å². The molecule has 0 spiro atoms. The second-order valence-electron chi connectivity index (χ2n) is 8.50. The molecule has 182 valence electrons. The Labute approximate surface area is 215 Å². The molecule has 3 rings (SSSR count). The average molecular weight is 567 g/mol. The van der Waals surface area contributed by atoms with Crippen molar-refractivity contribution in [3.63, 3.8) is 0 Å². The van der Waals surface area contributed by atoms with Crippen molar-refractivity contribution in [2.45, 2.75) is 52.0 Å². The number of hydrogen-bond acceptors (Lipinski definition) is 4. The van der Waals surface area contributed by atoms with Crippen molar-refractivity contribution in [3.05, 3.63) is 71.3 Å². The number of guanidine groups is 1. The van der Waals surface area contributed by atoms with E-state index in [1.165, 1.54) is 11.1 Å². The molecule has 0 aliphatic carbocycles. The van der Waals surface area contributed by atoms with Crippen LogP contribution in [0.15, 0.2) is 59.6 Å². The van der Waals surface area contributed by atoms with Gasteiger partial charge in [-0.25, -0.2) is 0 Å². The van der Waals surface area contributed by atoms with E-state index in [1.807, 2.05) is 30.3 Å². The highest BCUT2D eigenvalue weighted by atomic mass is 127. The molecule has 1 aliphatic heterocycles. The smallest absolute Gasteiger partial charge is 0.191 e. The second-order valence-corrected chi connectivity index (χ2v) is 8.50. The summed E-state index contributed by atoms with van der Waals surface area (Å²) in [5.41, 5.74) is 3.88. The maximum atomic E-state index is 10.3. The number of piperidine rings is 1. The Morgan fingerprint density at radius 1 is 1.12 bits per heavy atom. The van der Waals surface area contributed by atoms with Gasteiger partial charge in [0, 0.05) is 32.2 Å². The van der Waals surface area contributed by atoms with Crippen LogP contribution >= 0.6 is 24.0 Å². The lowest BCUT2D eigenvalue weighted by molar-refractivity contribution is 0.0331. The van der Waals surface area contributed by atoms with Gasteiger partial charge in [-0.3, -0.25) is 9.89 Å². The normalized spacial score (nSPS) is 16.2. The fourth-order valence-corrected chi connectivity index (χ4v) is 3.91. The number of halogens is 1. The Morgan fingerprint density at radius 3 is 2.52 bits per heavy atom. The summed E-state index contributed by atoms with van der Waals surface area (Å²) in [6, 6.07) is 19.0. The predicted octanol–water partition coefficient (Wildman–Crippen LogP) is 3.71. The maximum Gasteiger partial charge on any atom is 0.191 e. The summed E-state index contributed by atoms with van der Waals surface area (Å²) >= 11 is 0. The molecule has 2 aromatic rings. The third-order valence-electron chi connectivity index (χ3n) is 5.81. The molecule has 0 radical (unpaired) electrons. The van der Waals surface area contributed by atoms with E-state index in [0.717, 1.165) is 50.5 Å². The van der Waals surface area contributed by atoms with Crippen LogP contribution in [0.1, 0.15) is 36.5 Å². The van der Waals surface area contributed by atoms with Gasteiger partial charge in [-0.15, -0.1) is 24.0 Å². The van der Waals surface area contributed by atoms with Crippen LogP contribution in [-0.2, 0) is 17.9 Å². The Morgan fingerprint density at radius 2 is 1.82 bits per heavy atom. The fourth-order valence-electron chi connectivity index (χ4n) is 3.91. The van der Waals surface area contributed by atoms with Gasteiger partial charge in [0.1, 0.15) is 0 Å². The van der Waals surface area contributed by atoms with Crippen LogP contribution < -0.4 is 10.6 Å². The molecule has 1 atom stereocenters. The molecule has 0 bridgehead atoms. The molecule has 33 heavy (non-hydrogen) atoms. The van der Waals surface area contributed by atoms with Gasteiger partial charge in [-0.1, -0.05) is 54.6 Å². The molecule has 7 heteroatoms. The summed E-state index contributed by atoms with van der Waals surface area (Å²) < 4.78 is 5.63. The number of hydrogen-bond donors (Lipinski definition) is 3. The average Bonchev–Trinajstić information content (AvgIpc) is 2.81. The molecule has 1 fully saturated rings. The summed E-state index contributed by atoms with van der Waals surface area (Å²) in [5.74, 6) is 0.770. The van der Waals surface area contributed by atoms with Crippen molar-refractivity contribution < 1.29 is 9.84 Å². The Bertz CT molecular complexity index is 826. The molecule has 0 aromatic heterocycles. The molecule has 0 amide bonds. The number of nitrogens with one attached hydrogen (secondary N) is 2. The third-order valence-corrected chi connectivity index (χ3v) is 5.81. The highest BCUT2D eigenvalue weighted by Gasteiger charge is 2.20. The Balaban J connectivity index is 0.00000385. The van der Waals surface area contributed by atoms with Gasteiger partial charge < -0.3 is 20.5 Å². The molecule has 3 N–H and O–H groups in total. The SMILES string of the molecule is CCNC(=NCC(O)COCc1ccccc1)NC1CCN(Cc2ccccc2C)CC1.I. The fraction of sp³-hybridized carbons (Fsp3) is 0.500. The molecule has 0 saturated carbocycles. The van der Waals surface area contributed by atoms with E-state index in [0.29, 0.717) is 19.2 Å². The van der Waals surface area contributed by atoms with Gasteiger partial charge in [0.2, 0.25) is 0 Å². The summed E-state index contributed by atoms with van der Waals surface area (Å²) in [6.07, 6.45) is 1.54. The lowest BCUT2D eigenvalue weighted by Crippen LogP contribution is -2.48. The van der Waals surface area contributed by atoms with Crippen LogP contribution in [0.2, 0.25) is 0 Å². The largest absolute Gasteiger partial charge is 0.389 e. The van der Waals surface area contributed by atoms with Crippen LogP contribution in [0.5, 0.6) is 0 Å². The molecule has 1 heterocycles. The zero-order chi connectivity index (χ0) is 22.6. The van der Waals surface area contributed by atoms with Gasteiger partial charge >= 0.3 is 0 Å². The van der Waals surface area contributed by atoms with E-state index in [2.05, 4.69) is 58.6 Å². The second kappa shape index (κ2) is 15.3. The van der Waals surface area contributed by atoms with Crippen LogP contribution in [0.25, 0.3) is 0 Å². The van der Waals surface area contributed by atoms with E-state index >= 15 is 0 Å². The molecule has 1 unspecified atom stereocenters. The lowest BCUT2D eigenvalue weighted by atomic mass is 10.0. The van der Waals surface area contributed by atoms with Crippen LogP contribution in [0, 0.1) is 6.92 Å². The summed E-state index contributed by atoms with van der Waals surface area (Å²) in [5, 5.41) is 17.1. The van der Waals surface area contributed by atoms with Crippen LogP contribution in [0.3, 0.4) is 0 Å². The van der Waals surface area contributed by atoms with E-state index in [1.54, 1.807) is 0 Å². The number of aryl methyl sites for hydroxylation is 1. The van der Waals surface area contributed by atoms with Crippen LogP contribution in [0.4, 0.5) is 0 Å². The highest BCUT2D eigenvalue weighted by Crippen LogP contribution is 2.16. The monoisotopic (exact) mass is 566 g/mol. The zero-order valence-corrected chi connectivity index (χ0v) is 22.2. The van der Waals surface area contributed by atoms with E-state index in [4.69, 9.17) is 4.74 Å². The van der Waals surface area contributed by atoms with Gasteiger partial charge in [0.05, 0.1) is 25.9 Å². The topological polar surface area (TPSA) is 69.1 Å². The van der Waals surface area contributed by atoms with Gasteiger partial charge in [0.15, 0.2) is 5.96 Å². The van der Waals surface area contributed by atoms with E-state index in [-0.39, 0.29) is 30.6 Å². The molecule has 6 nitrogen and oxygen atoms in total. The first-order valence-electron chi connectivity index (χ1n) is 11.8. The van der Waals surface area contributed by atoms with Gasteiger partial charge in [-0.05, 0) is 43.4 Å². The first-order valence-corrected chi connectivity index (χ1v) is 11.8. The standard InChI is InChI=1S/C26H38N4O2.HI/c1-3-27-26(28-17-25(31)20-32-19-22-10-5-4-6-11-22)29-24-13-15-30(16-14-24)18-23-12-8-7-9-21(23)2;/h4-12,24-25,31H,3,13-20H2,1-2H3,(H2,27,28,29);1H. The lowest BCUT2D eigenvalue weighted by Gasteiger charge is -2.33. The highest BCUT2D eigenvalue weighted by molar-refractivity contribution is 14.0. The molecular formula is C26H39IN4O2. The van der Waals surface area contributed by atoms with Crippen molar-refractivity contribution in [2.75, 3.05) is 32.8 Å². The van der Waals surface area contributed by atoms with E-state index < -0.39 is 6.10 Å². The summed E-state index contributed by atoms with van der Waals surface area (Å²) in [4.78, 5) is 7.11. The van der Waals surface area contributed by atoms with Crippen molar-refractivity contribution in [2.24, 2.45) is 4.99 Å². The minimum Gasteiger partial charge on any atom is -0.389 e. The van der Waals surface area contributed by atoms with Crippen LogP contribution in [-0.4, -0.2) is 60.9 Å². The number of aliphatic imine (C=N–C) groups is 1. The minimum atomic E-state index is -0.620. The first kappa shape index (κ1) is 27.6.